The van der Waals surface area contributed by atoms with Crippen molar-refractivity contribution in [3.63, 3.8) is 0 Å². The van der Waals surface area contributed by atoms with Crippen molar-refractivity contribution < 1.29 is 14.1 Å². The molecule has 2 rings (SSSR count). The number of hydrogen-bond acceptors (Lipinski definition) is 3. The Bertz CT molecular complexity index is 540. The van der Waals surface area contributed by atoms with E-state index in [1.807, 2.05) is 0 Å². The number of hydrogen-bond donors (Lipinski definition) is 0. The molecule has 5 nitrogen and oxygen atoms in total. The van der Waals surface area contributed by atoms with E-state index in [0.29, 0.717) is 19.0 Å². The number of non-ortho nitro benzene ring substituents is 1. The van der Waals surface area contributed by atoms with Gasteiger partial charge in [0.2, 0.25) is 0 Å². The SMILES string of the molecule is CCCC1CCN(C(=O)c2cc([N+](=O)[O-])ccc2F)CC1. The fraction of sp³-hybridized carbons (Fsp3) is 0.533. The van der Waals surface area contributed by atoms with E-state index in [2.05, 4.69) is 6.92 Å². The minimum Gasteiger partial charge on any atom is -0.339 e. The number of carbonyl (C=O) groups excluding carboxylic acids is 1. The molecule has 1 aromatic rings. The number of rotatable bonds is 4. The molecule has 0 bridgehead atoms. The average Bonchev–Trinajstić information content (AvgIpc) is 2.48. The molecular formula is C15H19FN2O3. The molecular weight excluding hydrogens is 275 g/mol. The van der Waals surface area contributed by atoms with Crippen LogP contribution in [0.2, 0.25) is 0 Å². The van der Waals surface area contributed by atoms with Crippen LogP contribution in [0.15, 0.2) is 18.2 Å². The second-order valence-corrected chi connectivity index (χ2v) is 5.45. The zero-order chi connectivity index (χ0) is 15.4. The fourth-order valence-corrected chi connectivity index (χ4v) is 2.79. The Morgan fingerprint density at radius 3 is 2.67 bits per heavy atom. The summed E-state index contributed by atoms with van der Waals surface area (Å²) in [5, 5.41) is 10.7. The van der Waals surface area contributed by atoms with Gasteiger partial charge in [0.1, 0.15) is 5.82 Å². The van der Waals surface area contributed by atoms with Crippen molar-refractivity contribution in [2.45, 2.75) is 32.6 Å². The van der Waals surface area contributed by atoms with E-state index < -0.39 is 16.6 Å². The van der Waals surface area contributed by atoms with Gasteiger partial charge < -0.3 is 4.90 Å². The van der Waals surface area contributed by atoms with Gasteiger partial charge in [0.15, 0.2) is 0 Å². The summed E-state index contributed by atoms with van der Waals surface area (Å²) in [6.45, 7) is 3.31. The van der Waals surface area contributed by atoms with Crippen LogP contribution < -0.4 is 0 Å². The van der Waals surface area contributed by atoms with E-state index >= 15 is 0 Å². The quantitative estimate of drug-likeness (QED) is 0.631. The van der Waals surface area contributed by atoms with Crippen LogP contribution >= 0.6 is 0 Å². The van der Waals surface area contributed by atoms with Crippen LogP contribution in [-0.2, 0) is 0 Å². The van der Waals surface area contributed by atoms with Gasteiger partial charge in [-0.2, -0.15) is 0 Å². The summed E-state index contributed by atoms with van der Waals surface area (Å²) in [7, 11) is 0. The first-order chi connectivity index (χ1) is 10.0. The third kappa shape index (κ3) is 3.56. The first-order valence-corrected chi connectivity index (χ1v) is 7.26. The van der Waals surface area contributed by atoms with Gasteiger partial charge in [0, 0.05) is 25.2 Å². The van der Waals surface area contributed by atoms with E-state index in [0.717, 1.165) is 43.9 Å². The van der Waals surface area contributed by atoms with Crippen molar-refractivity contribution in [1.29, 1.82) is 0 Å². The van der Waals surface area contributed by atoms with Gasteiger partial charge in [0.05, 0.1) is 10.5 Å². The summed E-state index contributed by atoms with van der Waals surface area (Å²) in [6, 6.07) is 3.07. The molecule has 0 radical (unpaired) electrons. The van der Waals surface area contributed by atoms with E-state index in [1.165, 1.54) is 0 Å². The summed E-state index contributed by atoms with van der Waals surface area (Å²) in [6.07, 6.45) is 4.09. The number of amides is 1. The number of piperidine rings is 1. The number of likely N-dealkylation sites (tertiary alicyclic amines) is 1. The van der Waals surface area contributed by atoms with Gasteiger partial charge in [0.25, 0.3) is 11.6 Å². The Kier molecular flexibility index (Phi) is 4.88. The van der Waals surface area contributed by atoms with Crippen molar-refractivity contribution in [2.75, 3.05) is 13.1 Å². The molecule has 1 saturated heterocycles. The van der Waals surface area contributed by atoms with Crippen molar-refractivity contribution >= 4 is 11.6 Å². The number of nitrogens with zero attached hydrogens (tertiary/aromatic N) is 2. The Balaban J connectivity index is 2.10. The topological polar surface area (TPSA) is 63.5 Å². The molecule has 21 heavy (non-hydrogen) atoms. The molecule has 6 heteroatoms. The second kappa shape index (κ2) is 6.65. The summed E-state index contributed by atoms with van der Waals surface area (Å²) >= 11 is 0. The van der Waals surface area contributed by atoms with Crippen LogP contribution in [-0.4, -0.2) is 28.8 Å². The molecule has 0 atom stereocenters. The monoisotopic (exact) mass is 294 g/mol. The number of nitro groups is 1. The molecule has 1 fully saturated rings. The maximum absolute atomic E-state index is 13.8. The number of benzene rings is 1. The minimum absolute atomic E-state index is 0.210. The highest BCUT2D eigenvalue weighted by Gasteiger charge is 2.26. The largest absolute Gasteiger partial charge is 0.339 e. The third-order valence-corrected chi connectivity index (χ3v) is 3.99. The Morgan fingerprint density at radius 1 is 1.43 bits per heavy atom. The molecule has 0 aromatic heterocycles. The zero-order valence-electron chi connectivity index (χ0n) is 12.0. The number of halogens is 1. The van der Waals surface area contributed by atoms with E-state index in [1.54, 1.807) is 4.90 Å². The molecule has 1 aliphatic rings. The van der Waals surface area contributed by atoms with Crippen LogP contribution in [0.5, 0.6) is 0 Å². The van der Waals surface area contributed by atoms with Crippen LogP contribution in [0.1, 0.15) is 43.0 Å². The van der Waals surface area contributed by atoms with Crippen LogP contribution in [0.25, 0.3) is 0 Å². The second-order valence-electron chi connectivity index (χ2n) is 5.45. The number of nitro benzene ring substituents is 1. The fourth-order valence-electron chi connectivity index (χ4n) is 2.79. The number of carbonyl (C=O) groups is 1. The Morgan fingerprint density at radius 2 is 2.10 bits per heavy atom. The molecule has 0 spiro atoms. The summed E-state index contributed by atoms with van der Waals surface area (Å²) in [5.41, 5.74) is -0.473. The molecule has 114 valence electrons. The lowest BCUT2D eigenvalue weighted by atomic mass is 9.92. The molecule has 0 N–H and O–H groups in total. The van der Waals surface area contributed by atoms with Crippen LogP contribution in [0.4, 0.5) is 10.1 Å². The highest BCUT2D eigenvalue weighted by atomic mass is 19.1. The normalized spacial score (nSPS) is 16.0. The lowest BCUT2D eigenvalue weighted by Gasteiger charge is -2.32. The van der Waals surface area contributed by atoms with Crippen LogP contribution in [0, 0.1) is 21.8 Å². The van der Waals surface area contributed by atoms with Crippen molar-refractivity contribution in [3.8, 4) is 0 Å². The predicted octanol–water partition coefficient (Wildman–Crippen LogP) is 3.39. The Hall–Kier alpha value is -1.98. The molecule has 1 aromatic carbocycles. The first-order valence-electron chi connectivity index (χ1n) is 7.26. The first kappa shape index (κ1) is 15.4. The maximum Gasteiger partial charge on any atom is 0.270 e. The summed E-state index contributed by atoms with van der Waals surface area (Å²) < 4.78 is 13.8. The van der Waals surface area contributed by atoms with Gasteiger partial charge in [-0.1, -0.05) is 19.8 Å². The van der Waals surface area contributed by atoms with Crippen LogP contribution in [0.3, 0.4) is 0 Å². The van der Waals surface area contributed by atoms with E-state index in [4.69, 9.17) is 0 Å². The lowest BCUT2D eigenvalue weighted by molar-refractivity contribution is -0.384. The summed E-state index contributed by atoms with van der Waals surface area (Å²) in [4.78, 5) is 24.0. The van der Waals surface area contributed by atoms with E-state index in [9.17, 15) is 19.3 Å². The smallest absolute Gasteiger partial charge is 0.270 e. The van der Waals surface area contributed by atoms with Gasteiger partial charge >= 0.3 is 0 Å². The molecule has 0 aliphatic carbocycles. The standard InChI is InChI=1S/C15H19FN2O3/c1-2-3-11-6-8-17(9-7-11)15(19)13-10-12(18(20)21)4-5-14(13)16/h4-5,10-11H,2-3,6-9H2,1H3. The average molecular weight is 294 g/mol. The van der Waals surface area contributed by atoms with Crippen molar-refractivity contribution in [1.82, 2.24) is 4.90 Å². The third-order valence-electron chi connectivity index (χ3n) is 3.99. The van der Waals surface area contributed by atoms with Gasteiger partial charge in [-0.25, -0.2) is 4.39 Å². The summed E-state index contributed by atoms with van der Waals surface area (Å²) in [5.74, 6) is -0.540. The van der Waals surface area contributed by atoms with Gasteiger partial charge in [-0.05, 0) is 24.8 Å². The molecule has 1 aliphatic heterocycles. The maximum atomic E-state index is 13.8. The van der Waals surface area contributed by atoms with E-state index in [-0.39, 0.29) is 11.3 Å². The van der Waals surface area contributed by atoms with Crippen molar-refractivity contribution in [2.24, 2.45) is 5.92 Å². The molecule has 1 amide bonds. The molecule has 0 saturated carbocycles. The highest BCUT2D eigenvalue weighted by Crippen LogP contribution is 2.24. The minimum atomic E-state index is -0.707. The van der Waals surface area contributed by atoms with Crippen molar-refractivity contribution in [3.05, 3.63) is 39.7 Å². The zero-order valence-corrected chi connectivity index (χ0v) is 12.0. The van der Waals surface area contributed by atoms with Gasteiger partial charge in [-0.3, -0.25) is 14.9 Å². The molecule has 0 unspecified atom stereocenters. The molecule has 1 heterocycles. The lowest BCUT2D eigenvalue weighted by Crippen LogP contribution is -2.38. The highest BCUT2D eigenvalue weighted by molar-refractivity contribution is 5.95. The predicted molar refractivity (Wildman–Crippen MR) is 76.6 cm³/mol. The van der Waals surface area contributed by atoms with Gasteiger partial charge in [-0.15, -0.1) is 0 Å². The Labute approximate surface area is 122 Å².